The van der Waals surface area contributed by atoms with Gasteiger partial charge in [0.1, 0.15) is 0 Å². The molecule has 1 aliphatic carbocycles. The Morgan fingerprint density at radius 3 is 2.76 bits per heavy atom. The molecule has 7 nitrogen and oxygen atoms in total. The number of hydrogen-bond acceptors (Lipinski definition) is 5. The summed E-state index contributed by atoms with van der Waals surface area (Å²) < 4.78 is 1.65. The molecule has 0 bridgehead atoms. The summed E-state index contributed by atoms with van der Waals surface area (Å²) in [5, 5.41) is 20.8. The molecule has 0 atom stereocenters. The standard InChI is InChI=1S/C14H17N5O2/c20-14(21)10-18(8-11-6-7-11)9-13-15-16-17-19(13)12-4-2-1-3-5-12/h1-5,11H,6-10H2,(H,20,21). The lowest BCUT2D eigenvalue weighted by atomic mass is 10.3. The first-order valence-electron chi connectivity index (χ1n) is 6.99. The van der Waals surface area contributed by atoms with Crippen LogP contribution in [-0.4, -0.2) is 49.3 Å². The van der Waals surface area contributed by atoms with Crippen LogP contribution in [0.1, 0.15) is 18.7 Å². The van der Waals surface area contributed by atoms with Gasteiger partial charge >= 0.3 is 5.97 Å². The molecule has 110 valence electrons. The number of para-hydroxylation sites is 1. The second-order valence-corrected chi connectivity index (χ2v) is 5.35. The first-order valence-corrected chi connectivity index (χ1v) is 6.99. The lowest BCUT2D eigenvalue weighted by molar-refractivity contribution is -0.138. The molecule has 1 aromatic carbocycles. The van der Waals surface area contributed by atoms with Crippen molar-refractivity contribution in [2.24, 2.45) is 5.92 Å². The van der Waals surface area contributed by atoms with Gasteiger partial charge in [-0.3, -0.25) is 9.69 Å². The van der Waals surface area contributed by atoms with E-state index in [4.69, 9.17) is 5.11 Å². The van der Waals surface area contributed by atoms with E-state index < -0.39 is 5.97 Å². The summed E-state index contributed by atoms with van der Waals surface area (Å²) in [5.41, 5.74) is 0.874. The van der Waals surface area contributed by atoms with Crippen molar-refractivity contribution in [3.63, 3.8) is 0 Å². The number of tetrazole rings is 1. The van der Waals surface area contributed by atoms with E-state index in [1.165, 1.54) is 12.8 Å². The Bertz CT molecular complexity index is 609. The Morgan fingerprint density at radius 2 is 2.10 bits per heavy atom. The average Bonchev–Trinajstić information content (AvgIpc) is 3.15. The lowest BCUT2D eigenvalue weighted by Crippen LogP contribution is -2.32. The van der Waals surface area contributed by atoms with Crippen LogP contribution in [0.15, 0.2) is 30.3 Å². The molecule has 1 N–H and O–H groups in total. The number of carbonyl (C=O) groups is 1. The number of nitrogens with zero attached hydrogens (tertiary/aromatic N) is 5. The zero-order valence-corrected chi connectivity index (χ0v) is 11.6. The molecule has 0 saturated heterocycles. The van der Waals surface area contributed by atoms with Crippen LogP contribution in [0, 0.1) is 5.92 Å². The zero-order chi connectivity index (χ0) is 14.7. The van der Waals surface area contributed by atoms with Crippen LogP contribution in [0.3, 0.4) is 0 Å². The van der Waals surface area contributed by atoms with Gasteiger partial charge in [-0.1, -0.05) is 18.2 Å². The number of aliphatic carboxylic acids is 1. The van der Waals surface area contributed by atoms with Gasteiger partial charge in [0.25, 0.3) is 0 Å². The van der Waals surface area contributed by atoms with Gasteiger partial charge in [-0.2, -0.15) is 4.68 Å². The van der Waals surface area contributed by atoms with Gasteiger partial charge in [0.15, 0.2) is 5.82 Å². The Labute approximate surface area is 122 Å². The summed E-state index contributed by atoms with van der Waals surface area (Å²) in [6.07, 6.45) is 2.36. The third kappa shape index (κ3) is 3.63. The van der Waals surface area contributed by atoms with Crippen LogP contribution in [0.2, 0.25) is 0 Å². The number of rotatable bonds is 7. The topological polar surface area (TPSA) is 84.1 Å². The summed E-state index contributed by atoms with van der Waals surface area (Å²) in [4.78, 5) is 12.9. The van der Waals surface area contributed by atoms with Crippen molar-refractivity contribution in [3.8, 4) is 5.69 Å². The molecule has 1 saturated carbocycles. The smallest absolute Gasteiger partial charge is 0.317 e. The van der Waals surface area contributed by atoms with Crippen molar-refractivity contribution < 1.29 is 9.90 Å². The second kappa shape index (κ2) is 6.01. The van der Waals surface area contributed by atoms with Crippen molar-refractivity contribution in [1.82, 2.24) is 25.1 Å². The molecule has 3 rings (SSSR count). The second-order valence-electron chi connectivity index (χ2n) is 5.35. The number of carboxylic acid groups (broad SMARTS) is 1. The van der Waals surface area contributed by atoms with Crippen molar-refractivity contribution in [1.29, 1.82) is 0 Å². The molecule has 0 amide bonds. The van der Waals surface area contributed by atoms with Crippen molar-refractivity contribution >= 4 is 5.97 Å². The third-order valence-electron chi connectivity index (χ3n) is 3.47. The Hall–Kier alpha value is -2.28. The zero-order valence-electron chi connectivity index (χ0n) is 11.6. The summed E-state index contributed by atoms with van der Waals surface area (Å²) in [6, 6.07) is 9.60. The van der Waals surface area contributed by atoms with E-state index in [0.29, 0.717) is 18.3 Å². The first-order chi connectivity index (χ1) is 10.2. The molecular formula is C14H17N5O2. The molecule has 0 radical (unpaired) electrons. The van der Waals surface area contributed by atoms with Gasteiger partial charge < -0.3 is 5.11 Å². The summed E-state index contributed by atoms with van der Waals surface area (Å²) >= 11 is 0. The molecule has 0 unspecified atom stereocenters. The highest BCUT2D eigenvalue weighted by atomic mass is 16.4. The largest absolute Gasteiger partial charge is 0.480 e. The van der Waals surface area contributed by atoms with Crippen LogP contribution in [0.4, 0.5) is 0 Å². The quantitative estimate of drug-likeness (QED) is 0.816. The molecule has 0 aliphatic heterocycles. The maximum Gasteiger partial charge on any atom is 0.317 e. The lowest BCUT2D eigenvalue weighted by Gasteiger charge is -2.19. The molecule has 1 fully saturated rings. The molecule has 0 spiro atoms. The highest BCUT2D eigenvalue weighted by Crippen LogP contribution is 2.30. The van der Waals surface area contributed by atoms with Crippen molar-refractivity contribution in [2.75, 3.05) is 13.1 Å². The minimum atomic E-state index is -0.825. The Morgan fingerprint density at radius 1 is 1.33 bits per heavy atom. The van der Waals surface area contributed by atoms with Crippen LogP contribution in [0.25, 0.3) is 5.69 Å². The van der Waals surface area contributed by atoms with E-state index in [1.807, 2.05) is 35.2 Å². The highest BCUT2D eigenvalue weighted by Gasteiger charge is 2.26. The van der Waals surface area contributed by atoms with Crippen molar-refractivity contribution in [3.05, 3.63) is 36.2 Å². The van der Waals surface area contributed by atoms with Gasteiger partial charge in [-0.15, -0.1) is 5.10 Å². The van der Waals surface area contributed by atoms with E-state index in [2.05, 4.69) is 15.5 Å². The van der Waals surface area contributed by atoms with Crippen LogP contribution in [-0.2, 0) is 11.3 Å². The molecule has 1 heterocycles. The van der Waals surface area contributed by atoms with Gasteiger partial charge in [0.2, 0.25) is 0 Å². The molecule has 21 heavy (non-hydrogen) atoms. The fourth-order valence-electron chi connectivity index (χ4n) is 2.32. The van der Waals surface area contributed by atoms with Crippen LogP contribution >= 0.6 is 0 Å². The van der Waals surface area contributed by atoms with Gasteiger partial charge in [0.05, 0.1) is 18.8 Å². The molecule has 1 aromatic heterocycles. The monoisotopic (exact) mass is 287 g/mol. The minimum Gasteiger partial charge on any atom is -0.480 e. The number of benzene rings is 1. The maximum absolute atomic E-state index is 11.0. The first kappa shape index (κ1) is 13.7. The number of aromatic nitrogens is 4. The average molecular weight is 287 g/mol. The van der Waals surface area contributed by atoms with Crippen LogP contribution < -0.4 is 0 Å². The predicted molar refractivity (Wildman–Crippen MR) is 74.8 cm³/mol. The van der Waals surface area contributed by atoms with Gasteiger partial charge in [-0.25, -0.2) is 0 Å². The molecule has 2 aromatic rings. The molecule has 1 aliphatic rings. The fourth-order valence-corrected chi connectivity index (χ4v) is 2.32. The number of carboxylic acids is 1. The van der Waals surface area contributed by atoms with E-state index in [9.17, 15) is 4.79 Å². The van der Waals surface area contributed by atoms with E-state index in [1.54, 1.807) is 4.68 Å². The van der Waals surface area contributed by atoms with Crippen LogP contribution in [0.5, 0.6) is 0 Å². The van der Waals surface area contributed by atoms with Gasteiger partial charge in [0, 0.05) is 6.54 Å². The predicted octanol–water partition coefficient (Wildman–Crippen LogP) is 0.959. The normalized spacial score (nSPS) is 14.5. The molecule has 7 heteroatoms. The minimum absolute atomic E-state index is 0.0121. The third-order valence-corrected chi connectivity index (χ3v) is 3.47. The van der Waals surface area contributed by atoms with Gasteiger partial charge in [-0.05, 0) is 41.3 Å². The SMILES string of the molecule is O=C(O)CN(Cc1nnnn1-c1ccccc1)CC1CC1. The van der Waals surface area contributed by atoms with E-state index >= 15 is 0 Å². The Kier molecular flexibility index (Phi) is 3.92. The van der Waals surface area contributed by atoms with E-state index in [-0.39, 0.29) is 6.54 Å². The molecular weight excluding hydrogens is 270 g/mol. The Balaban J connectivity index is 1.76. The summed E-state index contributed by atoms with van der Waals surface area (Å²) in [6.45, 7) is 1.23. The fraction of sp³-hybridized carbons (Fsp3) is 0.429. The number of hydrogen-bond donors (Lipinski definition) is 1. The van der Waals surface area contributed by atoms with E-state index in [0.717, 1.165) is 12.2 Å². The summed E-state index contributed by atoms with van der Waals surface area (Å²) in [5.74, 6) is 0.447. The highest BCUT2D eigenvalue weighted by molar-refractivity contribution is 5.69. The summed E-state index contributed by atoms with van der Waals surface area (Å²) in [7, 11) is 0. The van der Waals surface area contributed by atoms with Crippen molar-refractivity contribution in [2.45, 2.75) is 19.4 Å². The maximum atomic E-state index is 11.0.